The summed E-state index contributed by atoms with van der Waals surface area (Å²) >= 11 is 0. The van der Waals surface area contributed by atoms with Gasteiger partial charge >= 0.3 is 0 Å². The minimum Gasteiger partial charge on any atom is -0.315 e. The van der Waals surface area contributed by atoms with Crippen molar-refractivity contribution in [2.75, 3.05) is 19.6 Å². The van der Waals surface area contributed by atoms with E-state index in [4.69, 9.17) is 0 Å². The Morgan fingerprint density at radius 3 is 3.14 bits per heavy atom. The molecular formula is C18H25N3. The number of hydrogen-bond acceptors (Lipinski definition) is 3. The quantitative estimate of drug-likeness (QED) is 0.913. The Hall–Kier alpha value is -1.45. The van der Waals surface area contributed by atoms with E-state index < -0.39 is 0 Å². The van der Waals surface area contributed by atoms with Gasteiger partial charge in [0.1, 0.15) is 0 Å². The van der Waals surface area contributed by atoms with Gasteiger partial charge in [0.15, 0.2) is 0 Å². The molecule has 1 aliphatic rings. The Kier molecular flexibility index (Phi) is 4.84. The molecule has 21 heavy (non-hydrogen) atoms. The van der Waals surface area contributed by atoms with E-state index in [2.05, 4.69) is 46.4 Å². The van der Waals surface area contributed by atoms with Crippen molar-refractivity contribution in [3.05, 3.63) is 42.1 Å². The van der Waals surface area contributed by atoms with E-state index in [-0.39, 0.29) is 0 Å². The smallest absolute Gasteiger partial charge is 0.0702 e. The molecule has 0 saturated carbocycles. The summed E-state index contributed by atoms with van der Waals surface area (Å²) in [5.74, 6) is 0. The van der Waals surface area contributed by atoms with Gasteiger partial charge in [0.05, 0.1) is 5.52 Å². The maximum Gasteiger partial charge on any atom is 0.0702 e. The van der Waals surface area contributed by atoms with Crippen molar-refractivity contribution in [3.8, 4) is 0 Å². The van der Waals surface area contributed by atoms with E-state index >= 15 is 0 Å². The maximum absolute atomic E-state index is 4.40. The number of rotatable bonds is 5. The van der Waals surface area contributed by atoms with E-state index in [0.29, 0.717) is 6.04 Å². The van der Waals surface area contributed by atoms with Gasteiger partial charge in [0, 0.05) is 30.7 Å². The van der Waals surface area contributed by atoms with Crippen molar-refractivity contribution in [3.63, 3.8) is 0 Å². The molecule has 112 valence electrons. The second-order valence-electron chi connectivity index (χ2n) is 5.96. The summed E-state index contributed by atoms with van der Waals surface area (Å²) in [6.07, 6.45) is 5.88. The van der Waals surface area contributed by atoms with E-state index in [0.717, 1.165) is 25.2 Å². The highest BCUT2D eigenvalue weighted by atomic mass is 15.2. The molecule has 1 aliphatic heterocycles. The van der Waals surface area contributed by atoms with Gasteiger partial charge in [0.2, 0.25) is 0 Å². The van der Waals surface area contributed by atoms with Crippen LogP contribution >= 0.6 is 0 Å². The highest BCUT2D eigenvalue weighted by Crippen LogP contribution is 2.21. The molecule has 1 saturated heterocycles. The highest BCUT2D eigenvalue weighted by Gasteiger charge is 2.21. The number of nitrogens with one attached hydrogen (secondary N) is 1. The van der Waals surface area contributed by atoms with Gasteiger partial charge in [-0.1, -0.05) is 25.5 Å². The Morgan fingerprint density at radius 1 is 1.29 bits per heavy atom. The van der Waals surface area contributed by atoms with Crippen molar-refractivity contribution in [1.82, 2.24) is 15.2 Å². The molecule has 2 aromatic rings. The van der Waals surface area contributed by atoms with Gasteiger partial charge in [-0.2, -0.15) is 0 Å². The van der Waals surface area contributed by atoms with Crippen molar-refractivity contribution in [1.29, 1.82) is 0 Å². The molecule has 3 rings (SSSR count). The van der Waals surface area contributed by atoms with Crippen LogP contribution in [0.4, 0.5) is 0 Å². The molecule has 1 atom stereocenters. The average molecular weight is 283 g/mol. The summed E-state index contributed by atoms with van der Waals surface area (Å²) in [5, 5.41) is 4.76. The van der Waals surface area contributed by atoms with E-state index in [9.17, 15) is 0 Å². The minimum absolute atomic E-state index is 0.684. The third kappa shape index (κ3) is 3.60. The summed E-state index contributed by atoms with van der Waals surface area (Å²) in [6.45, 7) is 6.64. The van der Waals surface area contributed by atoms with Crippen LogP contribution in [0.1, 0.15) is 31.7 Å². The van der Waals surface area contributed by atoms with Crippen molar-refractivity contribution in [2.45, 2.75) is 38.8 Å². The van der Waals surface area contributed by atoms with Crippen LogP contribution in [0.3, 0.4) is 0 Å². The van der Waals surface area contributed by atoms with Gasteiger partial charge in [-0.25, -0.2) is 0 Å². The number of fused-ring (bicyclic) bond motifs is 1. The van der Waals surface area contributed by atoms with E-state index in [1.807, 2.05) is 12.3 Å². The molecule has 2 heterocycles. The molecule has 3 nitrogen and oxygen atoms in total. The lowest BCUT2D eigenvalue weighted by molar-refractivity contribution is 0.138. The first-order chi connectivity index (χ1) is 10.4. The molecule has 0 radical (unpaired) electrons. The number of nitrogens with zero attached hydrogens (tertiary/aromatic N) is 2. The van der Waals surface area contributed by atoms with Crippen LogP contribution in [0.25, 0.3) is 10.9 Å². The molecule has 1 aromatic heterocycles. The lowest BCUT2D eigenvalue weighted by Crippen LogP contribution is -2.44. The molecule has 1 fully saturated rings. The first-order valence-corrected chi connectivity index (χ1v) is 8.15. The topological polar surface area (TPSA) is 28.2 Å². The summed E-state index contributed by atoms with van der Waals surface area (Å²) in [5.41, 5.74) is 2.49. The summed E-state index contributed by atoms with van der Waals surface area (Å²) < 4.78 is 0. The molecule has 1 N–H and O–H groups in total. The van der Waals surface area contributed by atoms with Gasteiger partial charge in [-0.15, -0.1) is 0 Å². The fraction of sp³-hybridized carbons (Fsp3) is 0.500. The monoisotopic (exact) mass is 283 g/mol. The number of piperidine rings is 1. The van der Waals surface area contributed by atoms with Crippen molar-refractivity contribution < 1.29 is 0 Å². The Bertz CT molecular complexity index is 581. The minimum atomic E-state index is 0.684. The van der Waals surface area contributed by atoms with Crippen LogP contribution in [0, 0.1) is 0 Å². The zero-order valence-electron chi connectivity index (χ0n) is 12.9. The zero-order valence-corrected chi connectivity index (χ0v) is 12.9. The molecular weight excluding hydrogens is 258 g/mol. The van der Waals surface area contributed by atoms with Gasteiger partial charge in [0.25, 0.3) is 0 Å². The number of hydrogen-bond donors (Lipinski definition) is 1. The van der Waals surface area contributed by atoms with Crippen LogP contribution < -0.4 is 5.32 Å². The van der Waals surface area contributed by atoms with Crippen molar-refractivity contribution >= 4 is 10.9 Å². The van der Waals surface area contributed by atoms with Gasteiger partial charge in [-0.05, 0) is 49.7 Å². The third-order valence-corrected chi connectivity index (χ3v) is 4.43. The molecule has 0 bridgehead atoms. The molecule has 0 spiro atoms. The first-order valence-electron chi connectivity index (χ1n) is 8.15. The van der Waals surface area contributed by atoms with Crippen molar-refractivity contribution in [2.24, 2.45) is 0 Å². The van der Waals surface area contributed by atoms with Gasteiger partial charge in [-0.3, -0.25) is 9.88 Å². The fourth-order valence-corrected chi connectivity index (χ4v) is 3.27. The van der Waals surface area contributed by atoms with Gasteiger partial charge < -0.3 is 5.32 Å². The lowest BCUT2D eigenvalue weighted by atomic mass is 10.0. The average Bonchev–Trinajstić information content (AvgIpc) is 2.54. The Balaban J connectivity index is 1.72. The normalized spacial score (nSPS) is 20.0. The largest absolute Gasteiger partial charge is 0.315 e. The number of pyridine rings is 1. The summed E-state index contributed by atoms with van der Waals surface area (Å²) in [4.78, 5) is 7.04. The molecule has 0 aliphatic carbocycles. The summed E-state index contributed by atoms with van der Waals surface area (Å²) in [7, 11) is 0. The number of aromatic nitrogens is 1. The number of benzene rings is 1. The maximum atomic E-state index is 4.40. The zero-order chi connectivity index (χ0) is 14.5. The van der Waals surface area contributed by atoms with Crippen LogP contribution in [0.2, 0.25) is 0 Å². The standard InChI is InChI=1S/C18H25N3/c1-2-19-13-17-7-3-4-11-21(17)14-15-8-9-18-16(12-15)6-5-10-20-18/h5-6,8-10,12,17,19H,2-4,7,11,13-14H2,1H3. The Morgan fingerprint density at radius 2 is 2.24 bits per heavy atom. The molecule has 1 aromatic carbocycles. The predicted molar refractivity (Wildman–Crippen MR) is 88.3 cm³/mol. The fourth-order valence-electron chi connectivity index (χ4n) is 3.27. The molecule has 3 heteroatoms. The predicted octanol–water partition coefficient (Wildman–Crippen LogP) is 3.20. The van der Waals surface area contributed by atoms with E-state index in [1.165, 1.54) is 36.8 Å². The Labute approximate surface area is 127 Å². The molecule has 1 unspecified atom stereocenters. The first kappa shape index (κ1) is 14.5. The summed E-state index contributed by atoms with van der Waals surface area (Å²) in [6, 6.07) is 11.5. The van der Waals surface area contributed by atoms with Crippen LogP contribution in [0.15, 0.2) is 36.5 Å². The SMILES string of the molecule is CCNCC1CCCCN1Cc1ccc2ncccc2c1. The second kappa shape index (κ2) is 7.01. The van der Waals surface area contributed by atoms with Crippen LogP contribution in [0.5, 0.6) is 0 Å². The van der Waals surface area contributed by atoms with Crippen LogP contribution in [-0.2, 0) is 6.54 Å². The number of likely N-dealkylation sites (tertiary alicyclic amines) is 1. The lowest BCUT2D eigenvalue weighted by Gasteiger charge is -2.36. The highest BCUT2D eigenvalue weighted by molar-refractivity contribution is 5.78. The second-order valence-corrected chi connectivity index (χ2v) is 5.96. The molecule has 0 amide bonds. The number of likely N-dealkylation sites (N-methyl/N-ethyl adjacent to an activating group) is 1. The van der Waals surface area contributed by atoms with Crippen LogP contribution in [-0.4, -0.2) is 35.6 Å². The van der Waals surface area contributed by atoms with E-state index in [1.54, 1.807) is 0 Å². The third-order valence-electron chi connectivity index (χ3n) is 4.43.